The van der Waals surface area contributed by atoms with Gasteiger partial charge in [0, 0.05) is 6.54 Å². The molecule has 0 fully saturated rings. The first-order valence-electron chi connectivity index (χ1n) is 10.4. The van der Waals surface area contributed by atoms with Crippen LogP contribution in [0.3, 0.4) is 0 Å². The van der Waals surface area contributed by atoms with Crippen LogP contribution in [0.1, 0.15) is 89.9 Å². The normalized spacial score (nSPS) is 22.5. The molecule has 3 N–H and O–H groups in total. The largest absolute Gasteiger partial charge is 0.330 e. The van der Waals surface area contributed by atoms with Gasteiger partial charge in [-0.3, -0.25) is 0 Å². The molecule has 0 aromatic heterocycles. The van der Waals surface area contributed by atoms with E-state index in [1.165, 1.54) is 88.3 Å². The lowest BCUT2D eigenvalue weighted by Crippen LogP contribution is -2.37. The summed E-state index contributed by atoms with van der Waals surface area (Å²) in [5, 5.41) is 7.12. The zero-order valence-electron chi connectivity index (χ0n) is 15.6. The Labute approximate surface area is 148 Å². The molecule has 1 heterocycles. The number of allylic oxidation sites excluding steroid dienone is 2. The second-order valence-electron chi connectivity index (χ2n) is 7.27. The van der Waals surface area contributed by atoms with E-state index in [2.05, 4.69) is 16.6 Å². The first kappa shape index (κ1) is 19.5. The van der Waals surface area contributed by atoms with Crippen LogP contribution in [0.5, 0.6) is 0 Å². The number of hydrazone groups is 1. The highest BCUT2D eigenvalue weighted by atomic mass is 15.7. The third-order valence-corrected chi connectivity index (χ3v) is 5.11. The zero-order chi connectivity index (χ0) is 16.9. The average Bonchev–Trinajstić information content (AvgIpc) is 2.62. The third-order valence-electron chi connectivity index (χ3n) is 5.11. The van der Waals surface area contributed by atoms with Gasteiger partial charge in [-0.05, 0) is 63.5 Å². The van der Waals surface area contributed by atoms with Crippen LogP contribution in [0.4, 0.5) is 0 Å². The molecule has 0 amide bonds. The minimum absolute atomic E-state index is 0.728. The topological polar surface area (TPSA) is 53.6 Å². The molecule has 0 aromatic rings. The van der Waals surface area contributed by atoms with E-state index in [1.54, 1.807) is 0 Å². The molecule has 0 unspecified atom stereocenters. The highest BCUT2D eigenvalue weighted by Crippen LogP contribution is 2.21. The molecule has 2 rings (SSSR count). The lowest BCUT2D eigenvalue weighted by Gasteiger charge is -2.24. The van der Waals surface area contributed by atoms with E-state index in [0.717, 1.165) is 32.5 Å². The summed E-state index contributed by atoms with van der Waals surface area (Å²) >= 11 is 0. The van der Waals surface area contributed by atoms with E-state index in [4.69, 9.17) is 10.8 Å². The quantitative estimate of drug-likeness (QED) is 0.794. The molecule has 24 heavy (non-hydrogen) atoms. The van der Waals surface area contributed by atoms with Gasteiger partial charge in [0.05, 0.1) is 12.3 Å². The Kier molecular flexibility index (Phi) is 10.1. The van der Waals surface area contributed by atoms with E-state index < -0.39 is 0 Å². The van der Waals surface area contributed by atoms with Crippen LogP contribution in [0.15, 0.2) is 16.8 Å². The summed E-state index contributed by atoms with van der Waals surface area (Å²) in [4.78, 5) is 0. The van der Waals surface area contributed by atoms with Crippen molar-refractivity contribution in [2.45, 2.75) is 89.9 Å². The van der Waals surface area contributed by atoms with Crippen LogP contribution in [0.2, 0.25) is 0 Å². The summed E-state index contributed by atoms with van der Waals surface area (Å²) in [5.41, 5.74) is 12.1. The van der Waals surface area contributed by atoms with Gasteiger partial charge in [0.2, 0.25) is 0 Å². The maximum Gasteiger partial charge on any atom is 0.0649 e. The smallest absolute Gasteiger partial charge is 0.0649 e. The van der Waals surface area contributed by atoms with Gasteiger partial charge in [0.15, 0.2) is 0 Å². The maximum absolute atomic E-state index is 5.70. The lowest BCUT2D eigenvalue weighted by atomic mass is 9.95. The van der Waals surface area contributed by atoms with Crippen molar-refractivity contribution in [2.24, 2.45) is 10.8 Å². The second-order valence-corrected chi connectivity index (χ2v) is 7.27. The van der Waals surface area contributed by atoms with Gasteiger partial charge in [0.25, 0.3) is 0 Å². The summed E-state index contributed by atoms with van der Waals surface area (Å²) in [5.74, 6) is 0. The van der Waals surface area contributed by atoms with E-state index in [1.807, 2.05) is 0 Å². The van der Waals surface area contributed by atoms with Crippen molar-refractivity contribution in [1.29, 1.82) is 0 Å². The number of nitrogens with two attached hydrogens (primary N) is 1. The van der Waals surface area contributed by atoms with Crippen molar-refractivity contribution in [2.75, 3.05) is 19.6 Å². The Bertz CT molecular complexity index is 389. The standard InChI is InChI=1S/C20H38N4/c21-16-12-18-24-22-17-11-7-6-10-15-20(23-24)19-13-8-4-2-1-3-5-9-14-19/h13,22H,1-12,14-18,21H2. The molecule has 0 bridgehead atoms. The van der Waals surface area contributed by atoms with E-state index in [-0.39, 0.29) is 0 Å². The molecule has 0 spiro atoms. The molecule has 4 nitrogen and oxygen atoms in total. The molecule has 2 aliphatic rings. The molecule has 0 aromatic carbocycles. The van der Waals surface area contributed by atoms with Crippen molar-refractivity contribution in [3.05, 3.63) is 11.6 Å². The summed E-state index contributed by atoms with van der Waals surface area (Å²) in [7, 11) is 0. The number of hydrazine groups is 1. The van der Waals surface area contributed by atoms with Crippen molar-refractivity contribution >= 4 is 5.71 Å². The van der Waals surface area contributed by atoms with Gasteiger partial charge in [-0.15, -0.1) is 0 Å². The zero-order valence-corrected chi connectivity index (χ0v) is 15.6. The van der Waals surface area contributed by atoms with Crippen molar-refractivity contribution in [3.8, 4) is 0 Å². The monoisotopic (exact) mass is 334 g/mol. The third kappa shape index (κ3) is 7.80. The van der Waals surface area contributed by atoms with E-state index >= 15 is 0 Å². The molecule has 0 atom stereocenters. The molecular weight excluding hydrogens is 296 g/mol. The van der Waals surface area contributed by atoms with Gasteiger partial charge < -0.3 is 5.73 Å². The number of hydrogen-bond donors (Lipinski definition) is 2. The van der Waals surface area contributed by atoms with Crippen molar-refractivity contribution in [1.82, 2.24) is 10.5 Å². The van der Waals surface area contributed by atoms with Crippen molar-refractivity contribution < 1.29 is 0 Å². The van der Waals surface area contributed by atoms with Gasteiger partial charge in [-0.1, -0.05) is 44.6 Å². The fraction of sp³-hybridized carbons (Fsp3) is 0.850. The van der Waals surface area contributed by atoms with Gasteiger partial charge in [0.1, 0.15) is 0 Å². The second kappa shape index (κ2) is 12.5. The predicted octanol–water partition coefficient (Wildman–Crippen LogP) is 4.52. The van der Waals surface area contributed by atoms with Gasteiger partial charge in [-0.2, -0.15) is 5.10 Å². The minimum atomic E-state index is 0.728. The lowest BCUT2D eigenvalue weighted by molar-refractivity contribution is 0.191. The predicted molar refractivity (Wildman–Crippen MR) is 104 cm³/mol. The van der Waals surface area contributed by atoms with E-state index in [0.29, 0.717) is 0 Å². The van der Waals surface area contributed by atoms with Crippen molar-refractivity contribution in [3.63, 3.8) is 0 Å². The summed E-state index contributed by atoms with van der Waals surface area (Å²) < 4.78 is 0. The number of rotatable bonds is 4. The van der Waals surface area contributed by atoms with Crippen LogP contribution in [0.25, 0.3) is 0 Å². The molecule has 138 valence electrons. The number of nitrogens with one attached hydrogen (secondary N) is 1. The molecule has 1 aliphatic carbocycles. The fourth-order valence-electron chi connectivity index (χ4n) is 3.61. The molecule has 0 saturated carbocycles. The van der Waals surface area contributed by atoms with Crippen LogP contribution in [0, 0.1) is 0 Å². The fourth-order valence-corrected chi connectivity index (χ4v) is 3.61. The molecule has 4 heteroatoms. The molecule has 0 radical (unpaired) electrons. The Balaban J connectivity index is 2.10. The Morgan fingerprint density at radius 2 is 1.62 bits per heavy atom. The Hall–Kier alpha value is -0.870. The van der Waals surface area contributed by atoms with Gasteiger partial charge in [-0.25, -0.2) is 10.5 Å². The Morgan fingerprint density at radius 1 is 0.917 bits per heavy atom. The van der Waals surface area contributed by atoms with Crippen LogP contribution in [-0.4, -0.2) is 30.5 Å². The van der Waals surface area contributed by atoms with Crippen LogP contribution < -0.4 is 11.2 Å². The Morgan fingerprint density at radius 3 is 2.46 bits per heavy atom. The van der Waals surface area contributed by atoms with Crippen LogP contribution in [-0.2, 0) is 0 Å². The average molecular weight is 335 g/mol. The summed E-state index contributed by atoms with van der Waals surface area (Å²) in [6, 6.07) is 0. The molecule has 1 aliphatic heterocycles. The van der Waals surface area contributed by atoms with Crippen LogP contribution >= 0.6 is 0 Å². The maximum atomic E-state index is 5.70. The summed E-state index contributed by atoms with van der Waals surface area (Å²) in [6.07, 6.45) is 20.5. The number of hydrogen-bond acceptors (Lipinski definition) is 4. The SMILES string of the molecule is NCCCN1N=C(C2=CCCCCCCCC2)CCCCCCN1. The highest BCUT2D eigenvalue weighted by molar-refractivity contribution is 5.99. The van der Waals surface area contributed by atoms with Gasteiger partial charge >= 0.3 is 0 Å². The minimum Gasteiger partial charge on any atom is -0.330 e. The molecular formula is C20H38N4. The summed E-state index contributed by atoms with van der Waals surface area (Å²) in [6.45, 7) is 2.67. The molecule has 0 saturated heterocycles. The highest BCUT2D eigenvalue weighted by Gasteiger charge is 2.12. The first-order valence-corrected chi connectivity index (χ1v) is 10.4. The van der Waals surface area contributed by atoms with E-state index in [9.17, 15) is 0 Å². The number of nitrogens with zero attached hydrogens (tertiary/aromatic N) is 2. The first-order chi connectivity index (χ1) is 11.9.